The Hall–Kier alpha value is -3.12. The van der Waals surface area contributed by atoms with Crippen molar-refractivity contribution in [3.05, 3.63) is 99.0 Å². The molecule has 39 heavy (non-hydrogen) atoms. The summed E-state index contributed by atoms with van der Waals surface area (Å²) in [5, 5.41) is 3.29. The molecule has 1 aliphatic carbocycles. The monoisotopic (exact) mass is 590 g/mol. The summed E-state index contributed by atoms with van der Waals surface area (Å²) in [6.07, 6.45) is 5.87. The first-order valence-electron chi connectivity index (χ1n) is 13.9. The third kappa shape index (κ3) is 8.18. The molecule has 1 aliphatic rings. The van der Waals surface area contributed by atoms with Gasteiger partial charge in [-0.1, -0.05) is 83.7 Å². The Morgan fingerprint density at radius 1 is 0.949 bits per heavy atom. The van der Waals surface area contributed by atoms with Crippen LogP contribution in [0.2, 0.25) is 0 Å². The van der Waals surface area contributed by atoms with Crippen LogP contribution in [0.1, 0.15) is 59.9 Å². The normalized spacial score (nSPS) is 14.5. The zero-order valence-corrected chi connectivity index (χ0v) is 24.8. The average Bonchev–Trinajstić information content (AvgIpc) is 2.93. The summed E-state index contributed by atoms with van der Waals surface area (Å²) in [6.45, 7) is 6.25. The highest BCUT2D eigenvalue weighted by molar-refractivity contribution is 9.10. The molecule has 3 aromatic rings. The fourth-order valence-electron chi connectivity index (χ4n) is 5.26. The van der Waals surface area contributed by atoms with Gasteiger partial charge in [0.2, 0.25) is 5.91 Å². The molecule has 0 saturated heterocycles. The van der Waals surface area contributed by atoms with Gasteiger partial charge in [0.05, 0.1) is 0 Å². The zero-order chi connectivity index (χ0) is 27.8. The standard InChI is InChI=1S/C33H39BrN2O3/c1-23-18-24(2)25(3)31(19-23)39-22-32(37)36(21-27-14-16-28(34)17-15-27)30(20-26-10-6-4-7-11-26)33(38)35-29-12-8-5-9-13-29/h4,6-7,10-11,14-19,29-30H,5,8-9,12-13,20-22H2,1-3H3,(H,35,38)/t30-/m1/s1. The molecule has 206 valence electrons. The van der Waals surface area contributed by atoms with Crippen molar-refractivity contribution in [3.8, 4) is 5.75 Å². The zero-order valence-electron chi connectivity index (χ0n) is 23.2. The van der Waals surface area contributed by atoms with Crippen LogP contribution < -0.4 is 10.1 Å². The molecule has 0 aliphatic heterocycles. The maximum Gasteiger partial charge on any atom is 0.261 e. The van der Waals surface area contributed by atoms with Gasteiger partial charge in [0, 0.05) is 23.5 Å². The van der Waals surface area contributed by atoms with Crippen molar-refractivity contribution < 1.29 is 14.3 Å². The average molecular weight is 592 g/mol. The topological polar surface area (TPSA) is 58.6 Å². The summed E-state index contributed by atoms with van der Waals surface area (Å²) in [5.74, 6) is 0.394. The summed E-state index contributed by atoms with van der Waals surface area (Å²) in [7, 11) is 0. The number of hydrogen-bond acceptors (Lipinski definition) is 3. The number of ether oxygens (including phenoxy) is 1. The van der Waals surface area contributed by atoms with Crippen LogP contribution in [0, 0.1) is 20.8 Å². The Kier molecular flexibility index (Phi) is 10.2. The molecule has 0 radical (unpaired) electrons. The van der Waals surface area contributed by atoms with E-state index in [9.17, 15) is 9.59 Å². The van der Waals surface area contributed by atoms with E-state index < -0.39 is 6.04 Å². The summed E-state index contributed by atoms with van der Waals surface area (Å²) in [5.41, 5.74) is 5.20. The van der Waals surface area contributed by atoms with E-state index in [4.69, 9.17) is 4.74 Å². The van der Waals surface area contributed by atoms with Crippen molar-refractivity contribution in [1.82, 2.24) is 10.2 Å². The number of benzene rings is 3. The first-order valence-corrected chi connectivity index (χ1v) is 14.7. The van der Waals surface area contributed by atoms with Gasteiger partial charge >= 0.3 is 0 Å². The molecule has 5 nitrogen and oxygen atoms in total. The molecule has 6 heteroatoms. The molecular weight excluding hydrogens is 552 g/mol. The van der Waals surface area contributed by atoms with Gasteiger partial charge in [0.25, 0.3) is 5.91 Å². The van der Waals surface area contributed by atoms with Crippen LogP contribution in [0.4, 0.5) is 0 Å². The molecule has 1 saturated carbocycles. The second-order valence-corrected chi connectivity index (χ2v) is 11.6. The number of aryl methyl sites for hydroxylation is 2. The second kappa shape index (κ2) is 13.8. The van der Waals surface area contributed by atoms with E-state index in [-0.39, 0.29) is 24.5 Å². The third-order valence-electron chi connectivity index (χ3n) is 7.60. The number of carbonyl (C=O) groups excluding carboxylic acids is 2. The minimum atomic E-state index is -0.658. The quantitative estimate of drug-likeness (QED) is 0.281. The molecule has 0 spiro atoms. The molecule has 0 heterocycles. The van der Waals surface area contributed by atoms with Crippen molar-refractivity contribution in [3.63, 3.8) is 0 Å². The first-order chi connectivity index (χ1) is 18.8. The fraction of sp³-hybridized carbons (Fsp3) is 0.394. The molecule has 3 aromatic carbocycles. The molecule has 0 aromatic heterocycles. The maximum absolute atomic E-state index is 13.9. The molecular formula is C33H39BrN2O3. The number of rotatable bonds is 10. The molecule has 1 atom stereocenters. The van der Waals surface area contributed by atoms with E-state index in [1.807, 2.05) is 81.4 Å². The Balaban J connectivity index is 1.63. The molecule has 2 amide bonds. The molecule has 1 N–H and O–H groups in total. The van der Waals surface area contributed by atoms with Crippen molar-refractivity contribution in [2.24, 2.45) is 0 Å². The number of halogens is 1. The van der Waals surface area contributed by atoms with E-state index in [1.54, 1.807) is 4.90 Å². The molecule has 0 bridgehead atoms. The predicted molar refractivity (Wildman–Crippen MR) is 160 cm³/mol. The lowest BCUT2D eigenvalue weighted by atomic mass is 9.94. The lowest BCUT2D eigenvalue weighted by Gasteiger charge is -2.33. The van der Waals surface area contributed by atoms with Gasteiger partial charge in [-0.2, -0.15) is 0 Å². The highest BCUT2D eigenvalue weighted by atomic mass is 79.9. The Morgan fingerprint density at radius 2 is 1.64 bits per heavy atom. The highest BCUT2D eigenvalue weighted by Crippen LogP contribution is 2.24. The van der Waals surface area contributed by atoms with Gasteiger partial charge in [-0.15, -0.1) is 0 Å². The van der Waals surface area contributed by atoms with Crippen molar-refractivity contribution in [2.45, 2.75) is 77.9 Å². The molecule has 0 unspecified atom stereocenters. The van der Waals surface area contributed by atoms with E-state index in [0.717, 1.165) is 58.0 Å². The SMILES string of the molecule is Cc1cc(C)c(C)c(OCC(=O)N(Cc2ccc(Br)cc2)[C@H](Cc2ccccc2)C(=O)NC2CCCCC2)c1. The molecule has 1 fully saturated rings. The first kappa shape index (κ1) is 28.9. The summed E-state index contributed by atoms with van der Waals surface area (Å²) in [6, 6.07) is 21.4. The Bertz CT molecular complexity index is 1250. The minimum Gasteiger partial charge on any atom is -0.483 e. The van der Waals surface area contributed by atoms with Gasteiger partial charge < -0.3 is 15.0 Å². The van der Waals surface area contributed by atoms with Crippen molar-refractivity contribution >= 4 is 27.7 Å². The van der Waals surface area contributed by atoms with Crippen LogP contribution in [-0.2, 0) is 22.6 Å². The summed E-state index contributed by atoms with van der Waals surface area (Å²) < 4.78 is 7.06. The van der Waals surface area contributed by atoms with E-state index in [2.05, 4.69) is 27.3 Å². The molecule has 4 rings (SSSR count). The Labute approximate surface area is 241 Å². The van der Waals surface area contributed by atoms with Crippen molar-refractivity contribution in [2.75, 3.05) is 6.61 Å². The Morgan fingerprint density at radius 3 is 2.33 bits per heavy atom. The van der Waals surface area contributed by atoms with Crippen LogP contribution in [0.5, 0.6) is 5.75 Å². The van der Waals surface area contributed by atoms with E-state index >= 15 is 0 Å². The highest BCUT2D eigenvalue weighted by Gasteiger charge is 2.32. The van der Waals surface area contributed by atoms with Crippen LogP contribution in [0.25, 0.3) is 0 Å². The summed E-state index contributed by atoms with van der Waals surface area (Å²) in [4.78, 5) is 29.5. The lowest BCUT2D eigenvalue weighted by Crippen LogP contribution is -2.53. The predicted octanol–water partition coefficient (Wildman–Crippen LogP) is 6.84. The lowest BCUT2D eigenvalue weighted by molar-refractivity contribution is -0.143. The fourth-order valence-corrected chi connectivity index (χ4v) is 5.52. The van der Waals surface area contributed by atoms with Gasteiger partial charge in [0.1, 0.15) is 11.8 Å². The van der Waals surface area contributed by atoms with E-state index in [0.29, 0.717) is 18.7 Å². The van der Waals surface area contributed by atoms with Crippen LogP contribution in [0.3, 0.4) is 0 Å². The maximum atomic E-state index is 13.9. The number of amides is 2. The van der Waals surface area contributed by atoms with Gasteiger partial charge in [-0.3, -0.25) is 9.59 Å². The largest absolute Gasteiger partial charge is 0.483 e. The number of nitrogens with zero attached hydrogens (tertiary/aromatic N) is 1. The smallest absolute Gasteiger partial charge is 0.261 e. The number of nitrogens with one attached hydrogen (secondary N) is 1. The van der Waals surface area contributed by atoms with Gasteiger partial charge in [0.15, 0.2) is 6.61 Å². The van der Waals surface area contributed by atoms with Gasteiger partial charge in [-0.25, -0.2) is 0 Å². The second-order valence-electron chi connectivity index (χ2n) is 10.7. The third-order valence-corrected chi connectivity index (χ3v) is 8.13. The van der Waals surface area contributed by atoms with Crippen LogP contribution in [-0.4, -0.2) is 35.4 Å². The van der Waals surface area contributed by atoms with Crippen molar-refractivity contribution in [1.29, 1.82) is 0 Å². The van der Waals surface area contributed by atoms with E-state index in [1.165, 1.54) is 6.42 Å². The van der Waals surface area contributed by atoms with Crippen LogP contribution in [0.15, 0.2) is 71.2 Å². The van der Waals surface area contributed by atoms with Crippen LogP contribution >= 0.6 is 15.9 Å². The summed E-state index contributed by atoms with van der Waals surface area (Å²) >= 11 is 3.50. The van der Waals surface area contributed by atoms with Gasteiger partial charge in [-0.05, 0) is 79.6 Å². The number of hydrogen-bond donors (Lipinski definition) is 1. The number of carbonyl (C=O) groups is 2. The minimum absolute atomic E-state index is 0.0983.